The molecule has 2 nitrogen and oxygen atoms in total. The molecule has 0 amide bonds. The lowest BCUT2D eigenvalue weighted by Gasteiger charge is -2.25. The van der Waals surface area contributed by atoms with E-state index in [9.17, 15) is 0 Å². The zero-order valence-corrected chi connectivity index (χ0v) is 10.7. The van der Waals surface area contributed by atoms with Crippen molar-refractivity contribution >= 4 is 22.9 Å². The Kier molecular flexibility index (Phi) is 4.00. The van der Waals surface area contributed by atoms with Crippen LogP contribution in [-0.4, -0.2) is 22.5 Å². The highest BCUT2D eigenvalue weighted by Crippen LogP contribution is 2.21. The van der Waals surface area contributed by atoms with E-state index in [2.05, 4.69) is 22.2 Å². The molecule has 1 saturated heterocycles. The third-order valence-electron chi connectivity index (χ3n) is 3.08. The molecule has 4 heteroatoms. The van der Waals surface area contributed by atoms with Gasteiger partial charge in [0.2, 0.25) is 0 Å². The molecule has 1 aromatic heterocycles. The predicted octanol–water partition coefficient (Wildman–Crippen LogP) is 3.56. The van der Waals surface area contributed by atoms with E-state index >= 15 is 0 Å². The van der Waals surface area contributed by atoms with Gasteiger partial charge in [0.05, 0.1) is 5.69 Å². The molecule has 1 fully saturated rings. The van der Waals surface area contributed by atoms with Gasteiger partial charge in [-0.05, 0) is 26.3 Å². The third kappa shape index (κ3) is 3.16. The highest BCUT2D eigenvalue weighted by atomic mass is 35.5. The minimum atomic E-state index is 0.660. The molecule has 0 saturated carbocycles. The number of hydrogen-bond acceptors (Lipinski definition) is 3. The molecule has 84 valence electrons. The van der Waals surface area contributed by atoms with Crippen LogP contribution in [0.25, 0.3) is 0 Å². The predicted molar refractivity (Wildman–Crippen MR) is 65.5 cm³/mol. The molecule has 0 aromatic carbocycles. The Balaban J connectivity index is 1.97. The number of thiazole rings is 1. The molecule has 0 aliphatic carbocycles. The second kappa shape index (κ2) is 5.28. The molecule has 0 N–H and O–H groups in total. The molecule has 0 radical (unpaired) electrons. The summed E-state index contributed by atoms with van der Waals surface area (Å²) < 4.78 is 0.660. The Morgan fingerprint density at radius 2 is 2.40 bits per heavy atom. The van der Waals surface area contributed by atoms with E-state index in [0.717, 1.165) is 12.2 Å². The van der Waals surface area contributed by atoms with Gasteiger partial charge >= 0.3 is 0 Å². The Morgan fingerprint density at radius 3 is 3.13 bits per heavy atom. The van der Waals surface area contributed by atoms with Gasteiger partial charge in [-0.25, -0.2) is 4.98 Å². The van der Waals surface area contributed by atoms with Crippen molar-refractivity contribution in [1.82, 2.24) is 9.88 Å². The molecule has 0 spiro atoms. The van der Waals surface area contributed by atoms with E-state index in [-0.39, 0.29) is 0 Å². The van der Waals surface area contributed by atoms with Gasteiger partial charge in [0.15, 0.2) is 4.47 Å². The molecule has 1 aromatic rings. The van der Waals surface area contributed by atoms with Crippen molar-refractivity contribution in [1.29, 1.82) is 0 Å². The summed E-state index contributed by atoms with van der Waals surface area (Å²) in [5, 5.41) is 2.07. The van der Waals surface area contributed by atoms with E-state index in [0.29, 0.717) is 10.5 Å². The summed E-state index contributed by atoms with van der Waals surface area (Å²) in [5.41, 5.74) is 1.12. The van der Waals surface area contributed by atoms with Crippen molar-refractivity contribution in [3.05, 3.63) is 15.5 Å². The first kappa shape index (κ1) is 11.4. The van der Waals surface area contributed by atoms with Crippen LogP contribution in [0.4, 0.5) is 0 Å². The summed E-state index contributed by atoms with van der Waals surface area (Å²) >= 11 is 7.36. The average molecular weight is 245 g/mol. The maximum absolute atomic E-state index is 5.84. The van der Waals surface area contributed by atoms with Crippen LogP contribution in [0, 0.1) is 0 Å². The van der Waals surface area contributed by atoms with Gasteiger partial charge in [-0.2, -0.15) is 0 Å². The van der Waals surface area contributed by atoms with Crippen molar-refractivity contribution < 1.29 is 0 Å². The highest BCUT2D eigenvalue weighted by Gasteiger charge is 2.17. The average Bonchev–Trinajstić information content (AvgIpc) is 2.50. The molecule has 1 unspecified atom stereocenters. The monoisotopic (exact) mass is 244 g/mol. The van der Waals surface area contributed by atoms with Crippen LogP contribution in [-0.2, 0) is 6.54 Å². The Hall–Kier alpha value is -0.120. The summed E-state index contributed by atoms with van der Waals surface area (Å²) in [6, 6.07) is 0.688. The molecular weight excluding hydrogens is 228 g/mol. The van der Waals surface area contributed by atoms with E-state index in [4.69, 9.17) is 11.6 Å². The van der Waals surface area contributed by atoms with Crippen LogP contribution in [0.1, 0.15) is 38.3 Å². The van der Waals surface area contributed by atoms with E-state index in [1.54, 1.807) is 0 Å². The molecule has 15 heavy (non-hydrogen) atoms. The molecule has 1 aliphatic heterocycles. The van der Waals surface area contributed by atoms with Crippen molar-refractivity contribution in [2.24, 2.45) is 0 Å². The molecular formula is C11H17ClN2S. The lowest BCUT2D eigenvalue weighted by molar-refractivity contribution is 0.203. The van der Waals surface area contributed by atoms with Crippen molar-refractivity contribution in [3.8, 4) is 0 Å². The zero-order chi connectivity index (χ0) is 10.7. The Bertz CT molecular complexity index is 313. The number of likely N-dealkylation sites (tertiary alicyclic amines) is 1. The van der Waals surface area contributed by atoms with Crippen LogP contribution >= 0.6 is 22.9 Å². The standard InChI is InChI=1S/C11H17ClN2S/c1-9-5-3-2-4-6-14(9)7-10-8-15-11(12)13-10/h8-9H,2-7H2,1H3. The summed E-state index contributed by atoms with van der Waals surface area (Å²) in [6.45, 7) is 4.49. The summed E-state index contributed by atoms with van der Waals surface area (Å²) in [4.78, 5) is 6.84. The number of rotatable bonds is 2. The number of hydrogen-bond donors (Lipinski definition) is 0. The first-order valence-corrected chi connectivity index (χ1v) is 6.85. The molecule has 1 atom stereocenters. The van der Waals surface area contributed by atoms with Crippen molar-refractivity contribution in [3.63, 3.8) is 0 Å². The van der Waals surface area contributed by atoms with E-state index in [1.807, 2.05) is 0 Å². The van der Waals surface area contributed by atoms with Crippen LogP contribution in [0.15, 0.2) is 5.38 Å². The quantitative estimate of drug-likeness (QED) is 0.791. The van der Waals surface area contributed by atoms with Crippen LogP contribution in [0.5, 0.6) is 0 Å². The number of nitrogens with zero attached hydrogens (tertiary/aromatic N) is 2. The van der Waals surface area contributed by atoms with Crippen LogP contribution < -0.4 is 0 Å². The first-order chi connectivity index (χ1) is 7.25. The maximum Gasteiger partial charge on any atom is 0.183 e. The molecule has 1 aliphatic rings. The first-order valence-electron chi connectivity index (χ1n) is 5.59. The normalized spacial score (nSPS) is 24.0. The fourth-order valence-electron chi connectivity index (χ4n) is 2.13. The van der Waals surface area contributed by atoms with Crippen LogP contribution in [0.3, 0.4) is 0 Å². The van der Waals surface area contributed by atoms with Crippen molar-refractivity contribution in [2.75, 3.05) is 6.54 Å². The second-order valence-corrected chi connectivity index (χ2v) is 5.70. The SMILES string of the molecule is CC1CCCCCN1Cc1csc(Cl)n1. The van der Waals surface area contributed by atoms with Gasteiger partial charge in [0.25, 0.3) is 0 Å². The lowest BCUT2D eigenvalue weighted by Crippen LogP contribution is -2.32. The van der Waals surface area contributed by atoms with Crippen LogP contribution in [0.2, 0.25) is 4.47 Å². The summed E-state index contributed by atoms with van der Waals surface area (Å²) in [6.07, 6.45) is 5.38. The third-order valence-corrected chi connectivity index (χ3v) is 4.11. The maximum atomic E-state index is 5.84. The van der Waals surface area contributed by atoms with Gasteiger partial charge in [-0.1, -0.05) is 24.4 Å². The summed E-state index contributed by atoms with van der Waals surface area (Å²) in [7, 11) is 0. The topological polar surface area (TPSA) is 16.1 Å². The van der Waals surface area contributed by atoms with Crippen molar-refractivity contribution in [2.45, 2.75) is 45.2 Å². The lowest BCUT2D eigenvalue weighted by atomic mass is 10.1. The summed E-state index contributed by atoms with van der Waals surface area (Å²) in [5.74, 6) is 0. The largest absolute Gasteiger partial charge is 0.295 e. The number of aromatic nitrogens is 1. The number of halogens is 1. The van der Waals surface area contributed by atoms with Gasteiger partial charge in [-0.3, -0.25) is 4.90 Å². The van der Waals surface area contributed by atoms with Gasteiger partial charge in [0, 0.05) is 18.0 Å². The molecule has 2 rings (SSSR count). The molecule has 0 bridgehead atoms. The van der Waals surface area contributed by atoms with Gasteiger partial charge in [0.1, 0.15) is 0 Å². The van der Waals surface area contributed by atoms with E-state index in [1.165, 1.54) is 43.6 Å². The smallest absolute Gasteiger partial charge is 0.183 e. The zero-order valence-electron chi connectivity index (χ0n) is 9.08. The Morgan fingerprint density at radius 1 is 1.53 bits per heavy atom. The van der Waals surface area contributed by atoms with E-state index < -0.39 is 0 Å². The highest BCUT2D eigenvalue weighted by molar-refractivity contribution is 7.13. The minimum absolute atomic E-state index is 0.660. The Labute approximate surface area is 100 Å². The second-order valence-electron chi connectivity index (χ2n) is 4.26. The fraction of sp³-hybridized carbons (Fsp3) is 0.727. The minimum Gasteiger partial charge on any atom is -0.295 e. The fourth-order valence-corrected chi connectivity index (χ4v) is 2.90. The van der Waals surface area contributed by atoms with Gasteiger partial charge < -0.3 is 0 Å². The molecule has 2 heterocycles. The van der Waals surface area contributed by atoms with Gasteiger partial charge in [-0.15, -0.1) is 11.3 Å².